The average Bonchev–Trinajstić information content (AvgIpc) is 3.08. The summed E-state index contributed by atoms with van der Waals surface area (Å²) in [6.07, 6.45) is 3.68. The third-order valence-corrected chi connectivity index (χ3v) is 7.63. The van der Waals surface area contributed by atoms with E-state index in [1.54, 1.807) is 6.20 Å². The van der Waals surface area contributed by atoms with E-state index in [1.807, 2.05) is 48.7 Å². The van der Waals surface area contributed by atoms with E-state index in [-0.39, 0.29) is 0 Å². The number of benzene rings is 5. The highest BCUT2D eigenvalue weighted by Gasteiger charge is 2.18. The molecule has 0 unspecified atom stereocenters. The average molecular weight is 538 g/mol. The summed E-state index contributed by atoms with van der Waals surface area (Å²) in [6, 6.07) is 43.4. The van der Waals surface area contributed by atoms with Gasteiger partial charge in [-0.1, -0.05) is 109 Å². The van der Waals surface area contributed by atoms with Crippen LogP contribution in [0.15, 0.2) is 140 Å². The van der Waals surface area contributed by atoms with Crippen molar-refractivity contribution in [3.8, 4) is 45.6 Å². The monoisotopic (exact) mass is 537 g/mol. The Balaban J connectivity index is 1.38. The van der Waals surface area contributed by atoms with E-state index < -0.39 is 0 Å². The second-order valence-corrected chi connectivity index (χ2v) is 10.2. The van der Waals surface area contributed by atoms with Crippen LogP contribution < -0.4 is 0 Å². The first-order valence-electron chi connectivity index (χ1n) is 13.8. The zero-order valence-corrected chi connectivity index (χ0v) is 22.5. The molecule has 42 heavy (non-hydrogen) atoms. The highest BCUT2D eigenvalue weighted by molar-refractivity contribution is 6.13. The lowest BCUT2D eigenvalue weighted by Gasteiger charge is -2.12. The van der Waals surface area contributed by atoms with E-state index >= 15 is 0 Å². The number of aromatic nitrogens is 5. The molecule has 196 valence electrons. The Labute approximate surface area is 242 Å². The van der Waals surface area contributed by atoms with Gasteiger partial charge in [-0.15, -0.1) is 0 Å². The van der Waals surface area contributed by atoms with Gasteiger partial charge in [-0.2, -0.15) is 0 Å². The van der Waals surface area contributed by atoms with Gasteiger partial charge in [-0.05, 0) is 50.7 Å². The Morgan fingerprint density at radius 3 is 1.88 bits per heavy atom. The van der Waals surface area contributed by atoms with Crippen molar-refractivity contribution in [2.75, 3.05) is 0 Å². The predicted octanol–water partition coefficient (Wildman–Crippen LogP) is 8.79. The summed E-state index contributed by atoms with van der Waals surface area (Å²) in [5.74, 6) is 1.60. The normalized spacial score (nSPS) is 11.3. The second kappa shape index (κ2) is 9.98. The standard InChI is InChI=1S/C37H23N5/c1-2-10-24(11-3-1)27-18-19-33(39-23-27)36-40-35(41-37(42-36)34-29-15-7-4-12-25(29)20-21-38-34)32-22-26-13-5-6-14-28(26)30-16-8-9-17-31(30)32/h1-23H. The van der Waals surface area contributed by atoms with E-state index in [4.69, 9.17) is 24.9 Å². The van der Waals surface area contributed by atoms with Crippen LogP contribution in [0.3, 0.4) is 0 Å². The maximum Gasteiger partial charge on any atom is 0.183 e. The molecule has 8 rings (SSSR count). The maximum atomic E-state index is 5.06. The molecule has 3 heterocycles. The largest absolute Gasteiger partial charge is 0.252 e. The molecule has 0 saturated heterocycles. The number of fused-ring (bicyclic) bond motifs is 4. The summed E-state index contributed by atoms with van der Waals surface area (Å²) in [5, 5.41) is 6.62. The summed E-state index contributed by atoms with van der Waals surface area (Å²) in [6.45, 7) is 0. The van der Waals surface area contributed by atoms with Crippen LogP contribution in [0, 0.1) is 0 Å². The molecule has 0 amide bonds. The van der Waals surface area contributed by atoms with Crippen LogP contribution in [0.2, 0.25) is 0 Å². The van der Waals surface area contributed by atoms with Gasteiger partial charge in [0.15, 0.2) is 17.5 Å². The van der Waals surface area contributed by atoms with Crippen LogP contribution in [0.1, 0.15) is 0 Å². The quantitative estimate of drug-likeness (QED) is 0.210. The van der Waals surface area contributed by atoms with Gasteiger partial charge in [0.25, 0.3) is 0 Å². The third-order valence-electron chi connectivity index (χ3n) is 7.63. The molecular formula is C37H23N5. The summed E-state index contributed by atoms with van der Waals surface area (Å²) >= 11 is 0. The van der Waals surface area contributed by atoms with Crippen LogP contribution in [-0.2, 0) is 0 Å². The second-order valence-electron chi connectivity index (χ2n) is 10.2. The van der Waals surface area contributed by atoms with Crippen LogP contribution >= 0.6 is 0 Å². The molecule has 0 aliphatic rings. The molecule has 0 spiro atoms. The molecule has 0 aliphatic heterocycles. The Bertz CT molecular complexity index is 2240. The number of hydrogen-bond donors (Lipinski definition) is 0. The smallest absolute Gasteiger partial charge is 0.183 e. The van der Waals surface area contributed by atoms with Crippen molar-refractivity contribution in [3.63, 3.8) is 0 Å². The fourth-order valence-corrected chi connectivity index (χ4v) is 5.58. The van der Waals surface area contributed by atoms with Crippen molar-refractivity contribution in [1.29, 1.82) is 0 Å². The molecule has 0 N–H and O–H groups in total. The molecule has 0 fully saturated rings. The molecule has 3 aromatic heterocycles. The Morgan fingerprint density at radius 2 is 1.07 bits per heavy atom. The van der Waals surface area contributed by atoms with Gasteiger partial charge >= 0.3 is 0 Å². The molecular weight excluding hydrogens is 514 g/mol. The minimum absolute atomic E-state index is 0.501. The van der Waals surface area contributed by atoms with Crippen LogP contribution in [0.25, 0.3) is 77.9 Å². The maximum absolute atomic E-state index is 5.06. The Morgan fingerprint density at radius 1 is 0.405 bits per heavy atom. The highest BCUT2D eigenvalue weighted by atomic mass is 15.1. The van der Waals surface area contributed by atoms with E-state index in [2.05, 4.69) is 84.9 Å². The first kappa shape index (κ1) is 24.0. The topological polar surface area (TPSA) is 64.5 Å². The first-order valence-corrected chi connectivity index (χ1v) is 13.8. The van der Waals surface area contributed by atoms with Gasteiger partial charge in [0, 0.05) is 28.9 Å². The van der Waals surface area contributed by atoms with Gasteiger partial charge in [-0.25, -0.2) is 15.0 Å². The zero-order valence-electron chi connectivity index (χ0n) is 22.5. The molecule has 0 aliphatic carbocycles. The van der Waals surface area contributed by atoms with Crippen molar-refractivity contribution in [2.24, 2.45) is 0 Å². The van der Waals surface area contributed by atoms with E-state index in [9.17, 15) is 0 Å². The summed E-state index contributed by atoms with van der Waals surface area (Å²) < 4.78 is 0. The SMILES string of the molecule is c1ccc(-c2ccc(-c3nc(-c4nccc5ccccc45)nc(-c4cc5ccccc5c5ccccc45)n3)nc2)cc1. The molecule has 0 radical (unpaired) electrons. The molecule has 5 nitrogen and oxygen atoms in total. The van der Waals surface area contributed by atoms with Gasteiger partial charge < -0.3 is 0 Å². The van der Waals surface area contributed by atoms with Crippen molar-refractivity contribution >= 4 is 32.3 Å². The van der Waals surface area contributed by atoms with Crippen molar-refractivity contribution < 1.29 is 0 Å². The number of hydrogen-bond acceptors (Lipinski definition) is 5. The Kier molecular flexibility index (Phi) is 5.71. The molecule has 5 aromatic carbocycles. The van der Waals surface area contributed by atoms with Gasteiger partial charge in [-0.3, -0.25) is 9.97 Å². The third kappa shape index (κ3) is 4.16. The van der Waals surface area contributed by atoms with Gasteiger partial charge in [0.05, 0.1) is 0 Å². The lowest BCUT2D eigenvalue weighted by atomic mass is 9.97. The minimum atomic E-state index is 0.501. The van der Waals surface area contributed by atoms with E-state index in [0.717, 1.165) is 43.6 Å². The van der Waals surface area contributed by atoms with Crippen LogP contribution in [-0.4, -0.2) is 24.9 Å². The highest BCUT2D eigenvalue weighted by Crippen LogP contribution is 2.35. The minimum Gasteiger partial charge on any atom is -0.252 e. The number of nitrogens with zero attached hydrogens (tertiary/aromatic N) is 5. The van der Waals surface area contributed by atoms with E-state index in [1.165, 1.54) is 5.39 Å². The fourth-order valence-electron chi connectivity index (χ4n) is 5.58. The number of pyridine rings is 2. The molecule has 8 aromatic rings. The van der Waals surface area contributed by atoms with Crippen molar-refractivity contribution in [3.05, 3.63) is 140 Å². The molecule has 5 heteroatoms. The fraction of sp³-hybridized carbons (Fsp3) is 0. The van der Waals surface area contributed by atoms with Crippen LogP contribution in [0.4, 0.5) is 0 Å². The lowest BCUT2D eigenvalue weighted by Crippen LogP contribution is -2.03. The summed E-state index contributed by atoms with van der Waals surface area (Å²) in [7, 11) is 0. The predicted molar refractivity (Wildman–Crippen MR) is 170 cm³/mol. The first-order chi connectivity index (χ1) is 20.8. The lowest BCUT2D eigenvalue weighted by molar-refractivity contribution is 1.05. The Hall–Kier alpha value is -5.81. The number of rotatable bonds is 4. The zero-order chi connectivity index (χ0) is 27.9. The van der Waals surface area contributed by atoms with Crippen molar-refractivity contribution in [2.45, 2.75) is 0 Å². The van der Waals surface area contributed by atoms with Crippen LogP contribution in [0.5, 0.6) is 0 Å². The summed E-state index contributed by atoms with van der Waals surface area (Å²) in [5.41, 5.74) is 4.46. The van der Waals surface area contributed by atoms with Crippen molar-refractivity contribution in [1.82, 2.24) is 24.9 Å². The molecule has 0 bridgehead atoms. The van der Waals surface area contributed by atoms with Gasteiger partial charge in [0.1, 0.15) is 11.4 Å². The molecule has 0 atom stereocenters. The van der Waals surface area contributed by atoms with Gasteiger partial charge in [0.2, 0.25) is 0 Å². The van der Waals surface area contributed by atoms with E-state index in [0.29, 0.717) is 28.9 Å². The summed E-state index contributed by atoms with van der Waals surface area (Å²) in [4.78, 5) is 24.6. The molecule has 0 saturated carbocycles.